The second-order valence-electron chi connectivity index (χ2n) is 5.54. The average molecular weight is 264 g/mol. The molecule has 0 heterocycles. The SMILES string of the molecule is COc1ccc(C[NH2+][C@H]2CCCC[C@H]2C)c(OC)c1. The Hall–Kier alpha value is -1.22. The molecule has 106 valence electrons. The molecule has 1 aromatic carbocycles. The van der Waals surface area contributed by atoms with Crippen LogP contribution >= 0.6 is 0 Å². The highest BCUT2D eigenvalue weighted by Gasteiger charge is 2.24. The van der Waals surface area contributed by atoms with Crippen molar-refractivity contribution in [3.05, 3.63) is 23.8 Å². The molecule has 1 fully saturated rings. The minimum Gasteiger partial charge on any atom is -0.497 e. The molecule has 0 bridgehead atoms. The van der Waals surface area contributed by atoms with Gasteiger partial charge in [0.25, 0.3) is 0 Å². The number of nitrogens with two attached hydrogens (primary N) is 1. The number of ether oxygens (including phenoxy) is 2. The van der Waals surface area contributed by atoms with Crippen LogP contribution in [0.3, 0.4) is 0 Å². The summed E-state index contributed by atoms with van der Waals surface area (Å²) in [4.78, 5) is 0. The van der Waals surface area contributed by atoms with Gasteiger partial charge in [-0.2, -0.15) is 0 Å². The Morgan fingerprint density at radius 3 is 2.63 bits per heavy atom. The van der Waals surface area contributed by atoms with Crippen molar-refractivity contribution in [2.75, 3.05) is 14.2 Å². The minimum absolute atomic E-state index is 0.764. The van der Waals surface area contributed by atoms with Crippen LogP contribution < -0.4 is 14.8 Å². The van der Waals surface area contributed by atoms with Crippen molar-refractivity contribution in [2.24, 2.45) is 5.92 Å². The van der Waals surface area contributed by atoms with Crippen LogP contribution in [0.5, 0.6) is 11.5 Å². The molecule has 1 aliphatic rings. The van der Waals surface area contributed by atoms with E-state index in [1.165, 1.54) is 31.2 Å². The molecule has 3 nitrogen and oxygen atoms in total. The first-order valence-electron chi connectivity index (χ1n) is 7.29. The lowest BCUT2D eigenvalue weighted by Gasteiger charge is -2.26. The van der Waals surface area contributed by atoms with E-state index in [2.05, 4.69) is 18.3 Å². The van der Waals surface area contributed by atoms with Crippen molar-refractivity contribution in [3.63, 3.8) is 0 Å². The van der Waals surface area contributed by atoms with Crippen LogP contribution in [0.15, 0.2) is 18.2 Å². The third kappa shape index (κ3) is 3.63. The number of hydrogen-bond acceptors (Lipinski definition) is 2. The summed E-state index contributed by atoms with van der Waals surface area (Å²) in [5.41, 5.74) is 1.25. The van der Waals surface area contributed by atoms with Gasteiger partial charge in [-0.25, -0.2) is 0 Å². The third-order valence-corrected chi connectivity index (χ3v) is 4.31. The van der Waals surface area contributed by atoms with Crippen LogP contribution in [0.25, 0.3) is 0 Å². The van der Waals surface area contributed by atoms with E-state index in [0.29, 0.717) is 0 Å². The second kappa shape index (κ2) is 6.80. The molecule has 0 saturated heterocycles. The molecule has 0 spiro atoms. The standard InChI is InChI=1S/C16H25NO2/c1-12-6-4-5-7-15(12)17-11-13-8-9-14(18-2)10-16(13)19-3/h8-10,12,15,17H,4-7,11H2,1-3H3/p+1/t12-,15+/m1/s1. The molecule has 1 aromatic rings. The van der Waals surface area contributed by atoms with Gasteiger partial charge in [-0.05, 0) is 31.4 Å². The summed E-state index contributed by atoms with van der Waals surface area (Å²) in [6, 6.07) is 6.85. The maximum atomic E-state index is 5.45. The topological polar surface area (TPSA) is 35.1 Å². The van der Waals surface area contributed by atoms with Crippen LogP contribution in [0.1, 0.15) is 38.2 Å². The lowest BCUT2D eigenvalue weighted by atomic mass is 9.86. The van der Waals surface area contributed by atoms with Gasteiger partial charge in [0.2, 0.25) is 0 Å². The zero-order chi connectivity index (χ0) is 13.7. The molecular formula is C16H26NO2+. The quantitative estimate of drug-likeness (QED) is 0.886. The first-order chi connectivity index (χ1) is 9.24. The molecule has 19 heavy (non-hydrogen) atoms. The molecule has 2 atom stereocenters. The molecular weight excluding hydrogens is 238 g/mol. The van der Waals surface area contributed by atoms with Crippen LogP contribution in [-0.4, -0.2) is 20.3 Å². The summed E-state index contributed by atoms with van der Waals surface area (Å²) in [5, 5.41) is 2.48. The van der Waals surface area contributed by atoms with E-state index in [4.69, 9.17) is 9.47 Å². The van der Waals surface area contributed by atoms with Crippen LogP contribution in [0, 0.1) is 5.92 Å². The van der Waals surface area contributed by atoms with Gasteiger partial charge in [0.05, 0.1) is 20.3 Å². The summed E-state index contributed by atoms with van der Waals surface area (Å²) >= 11 is 0. The summed E-state index contributed by atoms with van der Waals surface area (Å²) in [7, 11) is 3.41. The van der Waals surface area contributed by atoms with Gasteiger partial charge < -0.3 is 14.8 Å². The number of rotatable bonds is 5. The predicted molar refractivity (Wildman–Crippen MR) is 76.6 cm³/mol. The van der Waals surface area contributed by atoms with Gasteiger partial charge in [0, 0.05) is 17.5 Å². The average Bonchev–Trinajstić information content (AvgIpc) is 2.46. The summed E-state index contributed by atoms with van der Waals surface area (Å²) < 4.78 is 10.7. The van der Waals surface area contributed by atoms with E-state index in [1.54, 1.807) is 14.2 Å². The Balaban J connectivity index is 1.98. The molecule has 0 aromatic heterocycles. The van der Waals surface area contributed by atoms with Gasteiger partial charge in [-0.15, -0.1) is 0 Å². The monoisotopic (exact) mass is 264 g/mol. The zero-order valence-electron chi connectivity index (χ0n) is 12.3. The van der Waals surface area contributed by atoms with E-state index >= 15 is 0 Å². The Kier molecular flexibility index (Phi) is 5.08. The highest BCUT2D eigenvalue weighted by molar-refractivity contribution is 5.40. The molecule has 0 radical (unpaired) electrons. The van der Waals surface area contributed by atoms with Crippen LogP contribution in [0.4, 0.5) is 0 Å². The fourth-order valence-corrected chi connectivity index (χ4v) is 2.99. The molecule has 0 unspecified atom stereocenters. The van der Waals surface area contributed by atoms with Crippen LogP contribution in [-0.2, 0) is 6.54 Å². The molecule has 1 saturated carbocycles. The smallest absolute Gasteiger partial charge is 0.131 e. The largest absolute Gasteiger partial charge is 0.497 e. The Morgan fingerprint density at radius 2 is 1.95 bits per heavy atom. The maximum Gasteiger partial charge on any atom is 0.131 e. The number of benzene rings is 1. The lowest BCUT2D eigenvalue weighted by Crippen LogP contribution is -2.90. The highest BCUT2D eigenvalue weighted by Crippen LogP contribution is 2.25. The van der Waals surface area contributed by atoms with Crippen molar-refractivity contribution in [2.45, 2.75) is 45.2 Å². The van der Waals surface area contributed by atoms with Crippen molar-refractivity contribution in [3.8, 4) is 11.5 Å². The van der Waals surface area contributed by atoms with Gasteiger partial charge in [0.15, 0.2) is 0 Å². The fraction of sp³-hybridized carbons (Fsp3) is 0.625. The molecule has 3 heteroatoms. The number of hydrogen-bond donors (Lipinski definition) is 1. The lowest BCUT2D eigenvalue weighted by molar-refractivity contribution is -0.712. The molecule has 2 rings (SSSR count). The van der Waals surface area contributed by atoms with Crippen molar-refractivity contribution in [1.82, 2.24) is 0 Å². The van der Waals surface area contributed by atoms with Crippen molar-refractivity contribution in [1.29, 1.82) is 0 Å². The number of quaternary nitrogens is 1. The third-order valence-electron chi connectivity index (χ3n) is 4.31. The summed E-state index contributed by atoms with van der Waals surface area (Å²) in [5.74, 6) is 2.61. The number of methoxy groups -OCH3 is 2. The van der Waals surface area contributed by atoms with Gasteiger partial charge in [0.1, 0.15) is 18.0 Å². The van der Waals surface area contributed by atoms with E-state index in [1.807, 2.05) is 12.1 Å². The minimum atomic E-state index is 0.764. The Morgan fingerprint density at radius 1 is 1.16 bits per heavy atom. The molecule has 0 aliphatic heterocycles. The summed E-state index contributed by atoms with van der Waals surface area (Å²) in [6.07, 6.45) is 5.50. The Bertz CT molecular complexity index is 406. The van der Waals surface area contributed by atoms with E-state index < -0.39 is 0 Å². The van der Waals surface area contributed by atoms with E-state index in [-0.39, 0.29) is 0 Å². The van der Waals surface area contributed by atoms with Gasteiger partial charge in [-0.1, -0.05) is 13.3 Å². The van der Waals surface area contributed by atoms with E-state index in [9.17, 15) is 0 Å². The normalized spacial score (nSPS) is 23.1. The molecule has 0 amide bonds. The van der Waals surface area contributed by atoms with Crippen molar-refractivity contribution < 1.29 is 14.8 Å². The van der Waals surface area contributed by atoms with Crippen molar-refractivity contribution >= 4 is 0 Å². The predicted octanol–water partition coefficient (Wildman–Crippen LogP) is 2.35. The molecule has 2 N–H and O–H groups in total. The van der Waals surface area contributed by atoms with Gasteiger partial charge in [-0.3, -0.25) is 0 Å². The van der Waals surface area contributed by atoms with Gasteiger partial charge >= 0.3 is 0 Å². The van der Waals surface area contributed by atoms with E-state index in [0.717, 1.165) is 30.0 Å². The highest BCUT2D eigenvalue weighted by atomic mass is 16.5. The van der Waals surface area contributed by atoms with Crippen LogP contribution in [0.2, 0.25) is 0 Å². The second-order valence-corrected chi connectivity index (χ2v) is 5.54. The first-order valence-corrected chi connectivity index (χ1v) is 7.29. The zero-order valence-corrected chi connectivity index (χ0v) is 12.3. The Labute approximate surface area is 116 Å². The molecule has 1 aliphatic carbocycles. The first kappa shape index (κ1) is 14.2. The fourth-order valence-electron chi connectivity index (χ4n) is 2.99. The summed E-state index contributed by atoms with van der Waals surface area (Å²) in [6.45, 7) is 3.37. The maximum absolute atomic E-state index is 5.45.